The molecule has 2 N–H and O–H groups in total. The van der Waals surface area contributed by atoms with Gasteiger partial charge in [-0.15, -0.1) is 0 Å². The molecule has 0 amide bonds. The van der Waals surface area contributed by atoms with E-state index in [1.165, 1.54) is 0 Å². The summed E-state index contributed by atoms with van der Waals surface area (Å²) in [4.78, 5) is 0. The van der Waals surface area contributed by atoms with Crippen molar-refractivity contribution < 1.29 is 18.0 Å². The summed E-state index contributed by atoms with van der Waals surface area (Å²) >= 11 is 0. The van der Waals surface area contributed by atoms with Gasteiger partial charge in [0.15, 0.2) is 0 Å². The maximum atomic E-state index is 5.56. The van der Waals surface area contributed by atoms with Crippen LogP contribution in [0.4, 0.5) is 0 Å². The third kappa shape index (κ3) is 4.03. The Morgan fingerprint density at radius 2 is 1.64 bits per heavy atom. The molecule has 0 saturated heterocycles. The van der Waals surface area contributed by atoms with Gasteiger partial charge in [0.1, 0.15) is 0 Å². The second-order valence-electron chi connectivity index (χ2n) is 2.81. The van der Waals surface area contributed by atoms with Crippen LogP contribution in [0.15, 0.2) is 0 Å². The van der Waals surface area contributed by atoms with Crippen molar-refractivity contribution in [3.63, 3.8) is 0 Å². The summed E-state index contributed by atoms with van der Waals surface area (Å²) in [6, 6.07) is 0.584. The molecule has 0 aromatic heterocycles. The summed E-state index contributed by atoms with van der Waals surface area (Å²) in [5.74, 6) is 0. The number of nitrogens with two attached hydrogens (primary N) is 1. The number of ether oxygens (including phenoxy) is 1. The van der Waals surface area contributed by atoms with Gasteiger partial charge in [-0.05, 0) is 6.92 Å². The number of hydrogen-bond acceptors (Lipinski definition) is 5. The monoisotopic (exact) mass is 223 g/mol. The molecule has 0 fully saturated rings. The van der Waals surface area contributed by atoms with Crippen molar-refractivity contribution in [1.29, 1.82) is 0 Å². The zero-order valence-electron chi connectivity index (χ0n) is 9.41. The quantitative estimate of drug-likeness (QED) is 0.597. The second-order valence-corrected chi connectivity index (χ2v) is 5.81. The molecule has 5 nitrogen and oxygen atoms in total. The predicted molar refractivity (Wildman–Crippen MR) is 56.1 cm³/mol. The number of hydrogen-bond donors (Lipinski definition) is 1. The second kappa shape index (κ2) is 7.33. The molecule has 0 aliphatic carbocycles. The van der Waals surface area contributed by atoms with Crippen molar-refractivity contribution in [1.82, 2.24) is 0 Å². The molecular weight excluding hydrogens is 202 g/mol. The molecule has 0 spiro atoms. The van der Waals surface area contributed by atoms with Gasteiger partial charge in [-0.3, -0.25) is 0 Å². The van der Waals surface area contributed by atoms with E-state index in [-0.39, 0.29) is 6.10 Å². The van der Waals surface area contributed by atoms with Crippen LogP contribution in [0.2, 0.25) is 6.04 Å². The van der Waals surface area contributed by atoms with E-state index in [0.29, 0.717) is 19.2 Å². The van der Waals surface area contributed by atoms with Gasteiger partial charge in [0.05, 0.1) is 6.10 Å². The Balaban J connectivity index is 4.24. The smallest absolute Gasteiger partial charge is 0.377 e. The summed E-state index contributed by atoms with van der Waals surface area (Å²) in [5, 5.41) is 0. The van der Waals surface area contributed by atoms with Crippen molar-refractivity contribution in [2.24, 2.45) is 5.73 Å². The van der Waals surface area contributed by atoms with E-state index in [0.717, 1.165) is 0 Å². The highest BCUT2D eigenvalue weighted by atomic mass is 28.4. The lowest BCUT2D eigenvalue weighted by molar-refractivity contribution is 0.0533. The van der Waals surface area contributed by atoms with Gasteiger partial charge in [0.25, 0.3) is 0 Å². The topological polar surface area (TPSA) is 62.9 Å². The van der Waals surface area contributed by atoms with E-state index < -0.39 is 8.80 Å². The molecule has 1 unspecified atom stereocenters. The third-order valence-electron chi connectivity index (χ3n) is 2.08. The van der Waals surface area contributed by atoms with Crippen LogP contribution in [0.1, 0.15) is 6.92 Å². The zero-order chi connectivity index (χ0) is 11.0. The first-order valence-corrected chi connectivity index (χ1v) is 6.58. The lowest BCUT2D eigenvalue weighted by Crippen LogP contribution is -2.47. The van der Waals surface area contributed by atoms with Crippen LogP contribution in [-0.2, 0) is 18.0 Å². The highest BCUT2D eigenvalue weighted by Gasteiger charge is 2.40. The maximum absolute atomic E-state index is 5.56. The lowest BCUT2D eigenvalue weighted by Gasteiger charge is -2.27. The molecule has 14 heavy (non-hydrogen) atoms. The minimum atomic E-state index is -2.54. The van der Waals surface area contributed by atoms with Crippen LogP contribution in [0, 0.1) is 0 Å². The fourth-order valence-electron chi connectivity index (χ4n) is 1.22. The van der Waals surface area contributed by atoms with Gasteiger partial charge >= 0.3 is 8.80 Å². The molecule has 0 aliphatic heterocycles. The highest BCUT2D eigenvalue weighted by Crippen LogP contribution is 2.16. The van der Waals surface area contributed by atoms with Crippen LogP contribution >= 0.6 is 0 Å². The minimum Gasteiger partial charge on any atom is -0.377 e. The molecule has 0 rings (SSSR count). The molecule has 0 heterocycles. The Bertz CT molecular complexity index is 135. The Hall–Kier alpha value is 0.0169. The molecule has 6 heteroatoms. The largest absolute Gasteiger partial charge is 0.502 e. The molecule has 0 saturated carbocycles. The average Bonchev–Trinajstić information content (AvgIpc) is 2.25. The van der Waals surface area contributed by atoms with E-state index >= 15 is 0 Å². The summed E-state index contributed by atoms with van der Waals surface area (Å²) < 4.78 is 21.2. The SMILES string of the molecule is CCOC(CN)C[Si](OC)(OC)OC. The minimum absolute atomic E-state index is 0.0634. The fraction of sp³-hybridized carbons (Fsp3) is 1.00. The standard InChI is InChI=1S/C8H21NO4Si/c1-5-13-8(6-9)7-14(10-2,11-3)12-4/h8H,5-7,9H2,1-4H3. The normalized spacial score (nSPS) is 14.4. The van der Waals surface area contributed by atoms with Gasteiger partial charge in [-0.1, -0.05) is 0 Å². The molecule has 0 aromatic carbocycles. The predicted octanol–water partition coefficient (Wildman–Crippen LogP) is 0.228. The van der Waals surface area contributed by atoms with Crippen LogP contribution in [0.5, 0.6) is 0 Å². The summed E-state index contributed by atoms with van der Waals surface area (Å²) in [5.41, 5.74) is 5.56. The van der Waals surface area contributed by atoms with Gasteiger partial charge in [-0.2, -0.15) is 0 Å². The summed E-state index contributed by atoms with van der Waals surface area (Å²) in [7, 11) is 2.20. The lowest BCUT2D eigenvalue weighted by atomic mass is 10.4. The van der Waals surface area contributed by atoms with E-state index in [1.54, 1.807) is 21.3 Å². The fourth-order valence-corrected chi connectivity index (χ4v) is 3.07. The van der Waals surface area contributed by atoms with Gasteiger partial charge in [0.2, 0.25) is 0 Å². The maximum Gasteiger partial charge on any atom is 0.502 e. The van der Waals surface area contributed by atoms with Crippen LogP contribution in [0.25, 0.3) is 0 Å². The summed E-state index contributed by atoms with van der Waals surface area (Å²) in [6.45, 7) is 3.00. The first kappa shape index (κ1) is 14.0. The van der Waals surface area contributed by atoms with Crippen molar-refractivity contribution in [3.05, 3.63) is 0 Å². The Kier molecular flexibility index (Phi) is 7.34. The molecule has 1 atom stereocenters. The van der Waals surface area contributed by atoms with Crippen molar-refractivity contribution in [2.75, 3.05) is 34.5 Å². The van der Waals surface area contributed by atoms with Gasteiger partial charge in [-0.25, -0.2) is 0 Å². The molecule has 0 radical (unpaired) electrons. The Labute approximate surface area is 86.8 Å². The molecule has 86 valence electrons. The van der Waals surface area contributed by atoms with Crippen molar-refractivity contribution >= 4 is 8.80 Å². The van der Waals surface area contributed by atoms with Gasteiger partial charge in [0, 0.05) is 40.5 Å². The molecule has 0 aromatic rings. The third-order valence-corrected chi connectivity index (χ3v) is 4.90. The van der Waals surface area contributed by atoms with E-state index in [9.17, 15) is 0 Å². The van der Waals surface area contributed by atoms with Gasteiger partial charge < -0.3 is 23.7 Å². The van der Waals surface area contributed by atoms with E-state index in [1.807, 2.05) is 6.92 Å². The van der Waals surface area contributed by atoms with Crippen LogP contribution in [0.3, 0.4) is 0 Å². The van der Waals surface area contributed by atoms with Crippen LogP contribution < -0.4 is 5.73 Å². The van der Waals surface area contributed by atoms with Crippen molar-refractivity contribution in [3.8, 4) is 0 Å². The number of rotatable bonds is 8. The zero-order valence-corrected chi connectivity index (χ0v) is 10.4. The Morgan fingerprint density at radius 1 is 1.14 bits per heavy atom. The van der Waals surface area contributed by atoms with E-state index in [2.05, 4.69) is 0 Å². The highest BCUT2D eigenvalue weighted by molar-refractivity contribution is 6.60. The molecule has 0 bridgehead atoms. The summed E-state index contributed by atoms with van der Waals surface area (Å²) in [6.07, 6.45) is -0.0634. The molecular formula is C8H21NO4Si. The molecule has 0 aliphatic rings. The first-order chi connectivity index (χ1) is 6.67. The van der Waals surface area contributed by atoms with E-state index in [4.69, 9.17) is 23.7 Å². The average molecular weight is 223 g/mol. The van der Waals surface area contributed by atoms with Crippen LogP contribution in [-0.4, -0.2) is 49.4 Å². The van der Waals surface area contributed by atoms with Crippen molar-refractivity contribution in [2.45, 2.75) is 19.1 Å². The first-order valence-electron chi connectivity index (χ1n) is 4.65. The Morgan fingerprint density at radius 3 is 1.93 bits per heavy atom.